The van der Waals surface area contributed by atoms with E-state index in [1.54, 1.807) is 31.2 Å². The molecule has 0 N–H and O–H groups in total. The lowest BCUT2D eigenvalue weighted by Crippen LogP contribution is -2.26. The maximum Gasteiger partial charge on any atom is 0.347 e. The normalized spacial score (nSPS) is 11.9. The molecule has 30 heavy (non-hydrogen) atoms. The van der Waals surface area contributed by atoms with Crippen molar-refractivity contribution in [3.8, 4) is 11.8 Å². The Hall–Kier alpha value is -3.59. The van der Waals surface area contributed by atoms with Crippen LogP contribution in [0.1, 0.15) is 48.9 Å². The number of hydrogen-bond donors (Lipinski definition) is 0. The smallest absolute Gasteiger partial charge is 0.347 e. The number of aryl methyl sites for hydroxylation is 1. The maximum atomic E-state index is 12.4. The second kappa shape index (κ2) is 8.83. The molecule has 0 saturated heterocycles. The van der Waals surface area contributed by atoms with Crippen molar-refractivity contribution < 1.29 is 18.7 Å². The van der Waals surface area contributed by atoms with Gasteiger partial charge >= 0.3 is 11.6 Å². The number of fused-ring (bicyclic) bond motifs is 1. The molecule has 0 aliphatic carbocycles. The monoisotopic (exact) mass is 405 g/mol. The van der Waals surface area contributed by atoms with E-state index in [0.717, 1.165) is 16.5 Å². The Morgan fingerprint density at radius 1 is 1.13 bits per heavy atom. The van der Waals surface area contributed by atoms with Crippen molar-refractivity contribution in [3.05, 3.63) is 75.1 Å². The molecule has 0 amide bonds. The van der Waals surface area contributed by atoms with Gasteiger partial charge in [0.25, 0.3) is 0 Å². The highest BCUT2D eigenvalue weighted by Crippen LogP contribution is 2.27. The third-order valence-electron chi connectivity index (χ3n) is 4.84. The van der Waals surface area contributed by atoms with Crippen LogP contribution in [-0.2, 0) is 16.1 Å². The van der Waals surface area contributed by atoms with Gasteiger partial charge in [-0.25, -0.2) is 9.59 Å². The summed E-state index contributed by atoms with van der Waals surface area (Å²) in [6.45, 7) is 7.68. The number of rotatable bonds is 6. The molecule has 0 fully saturated rings. The average molecular weight is 405 g/mol. The lowest BCUT2D eigenvalue weighted by atomic mass is 9.95. The molecule has 0 radical (unpaired) electrons. The second-order valence-electron chi connectivity index (χ2n) is 7.45. The molecule has 154 valence electrons. The lowest BCUT2D eigenvalue weighted by molar-refractivity contribution is -0.152. The van der Waals surface area contributed by atoms with Crippen LogP contribution in [0, 0.1) is 18.3 Å². The van der Waals surface area contributed by atoms with Gasteiger partial charge in [-0.1, -0.05) is 13.8 Å². The summed E-state index contributed by atoms with van der Waals surface area (Å²) in [5.74, 6) is 0.204. The molecule has 1 atom stereocenters. The zero-order chi connectivity index (χ0) is 21.8. The first-order valence-electron chi connectivity index (χ1n) is 9.69. The number of nitriles is 1. The number of hydrogen-bond acceptors (Lipinski definition) is 6. The first-order chi connectivity index (χ1) is 14.3. The van der Waals surface area contributed by atoms with Crippen LogP contribution in [0.2, 0.25) is 0 Å². The Labute approximate surface area is 174 Å². The highest BCUT2D eigenvalue weighted by atomic mass is 16.6. The van der Waals surface area contributed by atoms with E-state index in [-0.39, 0.29) is 6.61 Å². The SMILES string of the molecule is Cc1cc2oc(=O)cc(COC(=O)[C@@H](C)Oc3ccc(C#N)cc3)c2cc1C(C)C. The summed E-state index contributed by atoms with van der Waals surface area (Å²) in [5, 5.41) is 9.59. The van der Waals surface area contributed by atoms with Gasteiger partial charge in [-0.05, 0) is 67.3 Å². The molecule has 6 heteroatoms. The van der Waals surface area contributed by atoms with E-state index in [9.17, 15) is 9.59 Å². The Morgan fingerprint density at radius 2 is 1.83 bits per heavy atom. The highest BCUT2D eigenvalue weighted by Gasteiger charge is 2.18. The molecule has 3 aromatic rings. The van der Waals surface area contributed by atoms with Gasteiger partial charge in [0.05, 0.1) is 11.6 Å². The molecule has 0 aliphatic heterocycles. The van der Waals surface area contributed by atoms with Crippen LogP contribution >= 0.6 is 0 Å². The number of ether oxygens (including phenoxy) is 2. The predicted molar refractivity (Wildman–Crippen MR) is 112 cm³/mol. The van der Waals surface area contributed by atoms with Crippen molar-refractivity contribution in [2.75, 3.05) is 0 Å². The average Bonchev–Trinajstić information content (AvgIpc) is 2.71. The van der Waals surface area contributed by atoms with Crippen LogP contribution in [0.5, 0.6) is 5.75 Å². The van der Waals surface area contributed by atoms with E-state index in [0.29, 0.717) is 28.4 Å². The maximum absolute atomic E-state index is 12.4. The van der Waals surface area contributed by atoms with Crippen LogP contribution in [0.3, 0.4) is 0 Å². The largest absolute Gasteiger partial charge is 0.479 e. The van der Waals surface area contributed by atoms with Crippen molar-refractivity contribution in [1.82, 2.24) is 0 Å². The van der Waals surface area contributed by atoms with E-state index in [4.69, 9.17) is 19.2 Å². The molecule has 6 nitrogen and oxygen atoms in total. The van der Waals surface area contributed by atoms with Crippen molar-refractivity contribution in [1.29, 1.82) is 5.26 Å². The minimum absolute atomic E-state index is 0.0669. The molecule has 1 aromatic heterocycles. The van der Waals surface area contributed by atoms with E-state index in [2.05, 4.69) is 13.8 Å². The Morgan fingerprint density at radius 3 is 2.47 bits per heavy atom. The van der Waals surface area contributed by atoms with Crippen LogP contribution < -0.4 is 10.4 Å². The molecule has 0 spiro atoms. The summed E-state index contributed by atoms with van der Waals surface area (Å²) in [4.78, 5) is 24.3. The molecular weight excluding hydrogens is 382 g/mol. The molecule has 0 bridgehead atoms. The summed E-state index contributed by atoms with van der Waals surface area (Å²) in [6, 6.07) is 13.7. The number of esters is 1. The molecule has 0 aliphatic rings. The fourth-order valence-electron chi connectivity index (χ4n) is 3.26. The van der Waals surface area contributed by atoms with Gasteiger partial charge in [0.1, 0.15) is 17.9 Å². The Balaban J connectivity index is 1.76. The third-order valence-corrected chi connectivity index (χ3v) is 4.84. The van der Waals surface area contributed by atoms with E-state index in [1.165, 1.54) is 6.07 Å². The van der Waals surface area contributed by atoms with Gasteiger partial charge in [0, 0.05) is 17.0 Å². The molecular formula is C24H23NO5. The van der Waals surface area contributed by atoms with Crippen LogP contribution in [0.4, 0.5) is 0 Å². The molecule has 2 aromatic carbocycles. The number of benzene rings is 2. The van der Waals surface area contributed by atoms with E-state index < -0.39 is 17.7 Å². The van der Waals surface area contributed by atoms with Gasteiger partial charge < -0.3 is 13.9 Å². The van der Waals surface area contributed by atoms with Gasteiger partial charge in [-0.3, -0.25) is 0 Å². The number of carbonyl (C=O) groups excluding carboxylic acids is 1. The molecule has 0 unspecified atom stereocenters. The minimum Gasteiger partial charge on any atom is -0.479 e. The Kier molecular flexibility index (Phi) is 6.22. The van der Waals surface area contributed by atoms with Crippen LogP contribution in [0.25, 0.3) is 11.0 Å². The number of nitrogens with zero attached hydrogens (tertiary/aromatic N) is 1. The topological polar surface area (TPSA) is 89.5 Å². The van der Waals surface area contributed by atoms with Crippen LogP contribution in [0.15, 0.2) is 51.7 Å². The summed E-state index contributed by atoms with van der Waals surface area (Å²) in [7, 11) is 0. The summed E-state index contributed by atoms with van der Waals surface area (Å²) >= 11 is 0. The van der Waals surface area contributed by atoms with Crippen molar-refractivity contribution in [3.63, 3.8) is 0 Å². The van der Waals surface area contributed by atoms with Gasteiger partial charge in [-0.2, -0.15) is 5.26 Å². The summed E-state index contributed by atoms with van der Waals surface area (Å²) in [5.41, 5.74) is 3.25. The lowest BCUT2D eigenvalue weighted by Gasteiger charge is -2.15. The first-order valence-corrected chi connectivity index (χ1v) is 9.69. The zero-order valence-electron chi connectivity index (χ0n) is 17.4. The summed E-state index contributed by atoms with van der Waals surface area (Å²) < 4.78 is 16.3. The van der Waals surface area contributed by atoms with E-state index in [1.807, 2.05) is 25.1 Å². The highest BCUT2D eigenvalue weighted by molar-refractivity contribution is 5.82. The van der Waals surface area contributed by atoms with Gasteiger partial charge in [0.15, 0.2) is 6.10 Å². The fourth-order valence-corrected chi connectivity index (χ4v) is 3.26. The summed E-state index contributed by atoms with van der Waals surface area (Å²) in [6.07, 6.45) is -0.849. The Bertz CT molecular complexity index is 1170. The van der Waals surface area contributed by atoms with E-state index >= 15 is 0 Å². The number of carbonyl (C=O) groups is 1. The third kappa shape index (κ3) is 4.69. The fraction of sp³-hybridized carbons (Fsp3) is 0.292. The van der Waals surface area contributed by atoms with Gasteiger partial charge in [-0.15, -0.1) is 0 Å². The van der Waals surface area contributed by atoms with Crippen molar-refractivity contribution >= 4 is 16.9 Å². The van der Waals surface area contributed by atoms with Gasteiger partial charge in [0.2, 0.25) is 0 Å². The minimum atomic E-state index is -0.849. The molecule has 0 saturated carbocycles. The van der Waals surface area contributed by atoms with Crippen molar-refractivity contribution in [2.24, 2.45) is 0 Å². The molecule has 3 rings (SSSR count). The van der Waals surface area contributed by atoms with Crippen molar-refractivity contribution in [2.45, 2.75) is 46.3 Å². The first kappa shape index (κ1) is 21.1. The second-order valence-corrected chi connectivity index (χ2v) is 7.45. The molecule has 1 heterocycles. The zero-order valence-corrected chi connectivity index (χ0v) is 17.4. The van der Waals surface area contributed by atoms with Crippen LogP contribution in [-0.4, -0.2) is 12.1 Å². The standard InChI is InChI=1S/C24H23NO5/c1-14(2)20-11-21-18(10-23(26)30-22(21)9-15(20)3)13-28-24(27)16(4)29-19-7-5-17(12-25)6-8-19/h5-11,14,16H,13H2,1-4H3/t16-/m1/s1. The quantitative estimate of drug-likeness (QED) is 0.440. The predicted octanol–water partition coefficient (Wildman–Crippen LogP) is 4.61.